The van der Waals surface area contributed by atoms with E-state index in [4.69, 9.17) is 0 Å². The number of benzene rings is 1. The topological polar surface area (TPSA) is 32.3 Å². The number of hydrogen-bond acceptors (Lipinski definition) is 2. The molecule has 3 heteroatoms. The Morgan fingerprint density at radius 3 is 2.59 bits per heavy atom. The maximum Gasteiger partial charge on any atom is 0.0771 e. The SMILES string of the molecule is OC1(CNCc2ccccc2Br)CCCCC1. The molecule has 0 aliphatic heterocycles. The predicted molar refractivity (Wildman–Crippen MR) is 73.9 cm³/mol. The third-order valence-electron chi connectivity index (χ3n) is 3.51. The van der Waals surface area contributed by atoms with Crippen LogP contribution in [0.1, 0.15) is 37.7 Å². The highest BCUT2D eigenvalue weighted by Crippen LogP contribution is 2.27. The Labute approximate surface area is 112 Å². The zero-order valence-electron chi connectivity index (χ0n) is 10.1. The summed E-state index contributed by atoms with van der Waals surface area (Å²) >= 11 is 3.53. The van der Waals surface area contributed by atoms with E-state index in [9.17, 15) is 5.11 Å². The number of aliphatic hydroxyl groups is 1. The van der Waals surface area contributed by atoms with E-state index in [2.05, 4.69) is 27.3 Å². The zero-order valence-corrected chi connectivity index (χ0v) is 11.7. The predicted octanol–water partition coefficient (Wildman–Crippen LogP) is 3.23. The molecule has 0 aromatic heterocycles. The van der Waals surface area contributed by atoms with Crippen molar-refractivity contribution in [3.05, 3.63) is 34.3 Å². The van der Waals surface area contributed by atoms with Gasteiger partial charge in [-0.15, -0.1) is 0 Å². The van der Waals surface area contributed by atoms with Crippen molar-refractivity contribution in [2.75, 3.05) is 6.54 Å². The third kappa shape index (κ3) is 3.80. The average molecular weight is 298 g/mol. The van der Waals surface area contributed by atoms with Gasteiger partial charge in [-0.2, -0.15) is 0 Å². The minimum atomic E-state index is -0.473. The van der Waals surface area contributed by atoms with E-state index in [0.29, 0.717) is 6.54 Å². The zero-order chi connectivity index (χ0) is 12.1. The second-order valence-corrected chi connectivity index (χ2v) is 5.83. The largest absolute Gasteiger partial charge is 0.389 e. The summed E-state index contributed by atoms with van der Waals surface area (Å²) in [7, 11) is 0. The van der Waals surface area contributed by atoms with Gasteiger partial charge >= 0.3 is 0 Å². The Morgan fingerprint density at radius 2 is 1.88 bits per heavy atom. The summed E-state index contributed by atoms with van der Waals surface area (Å²) in [5.74, 6) is 0. The van der Waals surface area contributed by atoms with Crippen molar-refractivity contribution in [2.24, 2.45) is 0 Å². The van der Waals surface area contributed by atoms with E-state index in [-0.39, 0.29) is 0 Å². The van der Waals surface area contributed by atoms with Gasteiger partial charge in [-0.1, -0.05) is 53.4 Å². The Balaban J connectivity index is 1.81. The Hall–Kier alpha value is -0.380. The fourth-order valence-electron chi connectivity index (χ4n) is 2.46. The van der Waals surface area contributed by atoms with Crippen LogP contribution in [0.4, 0.5) is 0 Å². The van der Waals surface area contributed by atoms with Crippen LogP contribution in [0.5, 0.6) is 0 Å². The summed E-state index contributed by atoms with van der Waals surface area (Å²) in [5.41, 5.74) is 0.770. The fourth-order valence-corrected chi connectivity index (χ4v) is 2.88. The van der Waals surface area contributed by atoms with Crippen LogP contribution in [0.15, 0.2) is 28.7 Å². The van der Waals surface area contributed by atoms with Crippen molar-refractivity contribution < 1.29 is 5.11 Å². The maximum atomic E-state index is 10.3. The van der Waals surface area contributed by atoms with Gasteiger partial charge in [0.05, 0.1) is 5.60 Å². The van der Waals surface area contributed by atoms with E-state index < -0.39 is 5.60 Å². The van der Waals surface area contributed by atoms with Gasteiger partial charge < -0.3 is 10.4 Å². The molecular formula is C14H20BrNO. The Morgan fingerprint density at radius 1 is 1.18 bits per heavy atom. The van der Waals surface area contributed by atoms with E-state index in [1.807, 2.05) is 18.2 Å². The van der Waals surface area contributed by atoms with Crippen molar-refractivity contribution in [3.63, 3.8) is 0 Å². The first-order valence-electron chi connectivity index (χ1n) is 6.36. The second kappa shape index (κ2) is 5.98. The Bertz CT molecular complexity index is 361. The van der Waals surface area contributed by atoms with Crippen molar-refractivity contribution in [1.29, 1.82) is 0 Å². The summed E-state index contributed by atoms with van der Waals surface area (Å²) in [4.78, 5) is 0. The molecule has 0 radical (unpaired) electrons. The molecule has 1 fully saturated rings. The van der Waals surface area contributed by atoms with Crippen LogP contribution >= 0.6 is 15.9 Å². The van der Waals surface area contributed by atoms with Crippen molar-refractivity contribution in [1.82, 2.24) is 5.32 Å². The Kier molecular flexibility index (Phi) is 4.60. The van der Waals surface area contributed by atoms with Gasteiger partial charge in [0.25, 0.3) is 0 Å². The van der Waals surface area contributed by atoms with Gasteiger partial charge in [0.1, 0.15) is 0 Å². The minimum absolute atomic E-state index is 0.473. The molecule has 2 rings (SSSR count). The highest BCUT2D eigenvalue weighted by Gasteiger charge is 2.28. The molecule has 94 valence electrons. The van der Waals surface area contributed by atoms with Crippen molar-refractivity contribution in [3.8, 4) is 0 Å². The van der Waals surface area contributed by atoms with Crippen molar-refractivity contribution >= 4 is 15.9 Å². The standard InChI is InChI=1S/C14H20BrNO/c15-13-7-3-2-6-12(13)10-16-11-14(17)8-4-1-5-9-14/h2-3,6-7,16-17H,1,4-5,8-11H2. The van der Waals surface area contributed by atoms with E-state index in [0.717, 1.165) is 36.7 Å². The molecule has 2 nitrogen and oxygen atoms in total. The lowest BCUT2D eigenvalue weighted by Gasteiger charge is -2.32. The second-order valence-electron chi connectivity index (χ2n) is 4.98. The molecule has 0 unspecified atom stereocenters. The number of halogens is 1. The molecule has 1 saturated carbocycles. The smallest absolute Gasteiger partial charge is 0.0771 e. The van der Waals surface area contributed by atoms with Crippen LogP contribution in [0.25, 0.3) is 0 Å². The highest BCUT2D eigenvalue weighted by atomic mass is 79.9. The number of hydrogen-bond donors (Lipinski definition) is 2. The van der Waals surface area contributed by atoms with Crippen molar-refractivity contribution in [2.45, 2.75) is 44.2 Å². The molecule has 0 amide bonds. The quantitative estimate of drug-likeness (QED) is 0.894. The van der Waals surface area contributed by atoms with Gasteiger partial charge in [0.2, 0.25) is 0 Å². The number of rotatable bonds is 4. The molecular weight excluding hydrogens is 278 g/mol. The molecule has 0 heterocycles. The molecule has 0 spiro atoms. The van der Waals surface area contributed by atoms with Crippen LogP contribution in [0.3, 0.4) is 0 Å². The fraction of sp³-hybridized carbons (Fsp3) is 0.571. The molecule has 1 aromatic rings. The van der Waals surface area contributed by atoms with Crippen LogP contribution in [-0.4, -0.2) is 17.3 Å². The lowest BCUT2D eigenvalue weighted by molar-refractivity contribution is 0.00467. The normalized spacial score (nSPS) is 19.2. The van der Waals surface area contributed by atoms with Gasteiger partial charge in [-0.3, -0.25) is 0 Å². The maximum absolute atomic E-state index is 10.3. The van der Waals surface area contributed by atoms with Gasteiger partial charge in [0, 0.05) is 17.6 Å². The lowest BCUT2D eigenvalue weighted by Crippen LogP contribution is -2.41. The van der Waals surface area contributed by atoms with Crippen LogP contribution in [0.2, 0.25) is 0 Å². The van der Waals surface area contributed by atoms with E-state index >= 15 is 0 Å². The first-order chi connectivity index (χ1) is 8.20. The summed E-state index contributed by atoms with van der Waals surface area (Å²) in [5, 5.41) is 13.7. The molecule has 1 aliphatic carbocycles. The first-order valence-corrected chi connectivity index (χ1v) is 7.15. The number of nitrogens with one attached hydrogen (secondary N) is 1. The van der Waals surface area contributed by atoms with Gasteiger partial charge in [-0.25, -0.2) is 0 Å². The van der Waals surface area contributed by atoms with Gasteiger partial charge in [-0.05, 0) is 24.5 Å². The molecule has 1 aromatic carbocycles. The van der Waals surface area contributed by atoms with Crippen LogP contribution in [-0.2, 0) is 6.54 Å². The van der Waals surface area contributed by atoms with Crippen LogP contribution in [0, 0.1) is 0 Å². The van der Waals surface area contributed by atoms with Gasteiger partial charge in [0.15, 0.2) is 0 Å². The third-order valence-corrected chi connectivity index (χ3v) is 4.29. The molecule has 0 atom stereocenters. The minimum Gasteiger partial charge on any atom is -0.389 e. The summed E-state index contributed by atoms with van der Waals surface area (Å²) in [6.07, 6.45) is 5.47. The molecule has 1 aliphatic rings. The van der Waals surface area contributed by atoms with Crippen LogP contribution < -0.4 is 5.32 Å². The molecule has 0 bridgehead atoms. The highest BCUT2D eigenvalue weighted by molar-refractivity contribution is 9.10. The lowest BCUT2D eigenvalue weighted by atomic mass is 9.85. The summed E-state index contributed by atoms with van der Waals surface area (Å²) < 4.78 is 1.13. The summed E-state index contributed by atoms with van der Waals surface area (Å²) in [6, 6.07) is 8.20. The molecule has 2 N–H and O–H groups in total. The first kappa shape index (κ1) is 13.1. The molecule has 0 saturated heterocycles. The molecule has 17 heavy (non-hydrogen) atoms. The average Bonchev–Trinajstić information content (AvgIpc) is 2.32. The van der Waals surface area contributed by atoms with E-state index in [1.54, 1.807) is 0 Å². The monoisotopic (exact) mass is 297 g/mol. The summed E-state index contributed by atoms with van der Waals surface area (Å²) in [6.45, 7) is 1.51. The van der Waals surface area contributed by atoms with E-state index in [1.165, 1.54) is 12.0 Å².